The van der Waals surface area contributed by atoms with E-state index in [2.05, 4.69) is 37.9 Å². The highest BCUT2D eigenvalue weighted by atomic mass is 16.7. The van der Waals surface area contributed by atoms with Crippen LogP contribution in [0.1, 0.15) is 98.3 Å². The Kier molecular flexibility index (Phi) is 8.41. The highest BCUT2D eigenvalue weighted by Crippen LogP contribution is 2.71. The van der Waals surface area contributed by atoms with Gasteiger partial charge in [0.1, 0.15) is 6.42 Å². The van der Waals surface area contributed by atoms with Gasteiger partial charge in [-0.05, 0) is 104 Å². The maximum absolute atomic E-state index is 13.0. The van der Waals surface area contributed by atoms with Gasteiger partial charge in [0, 0.05) is 51.1 Å². The maximum atomic E-state index is 13.0. The van der Waals surface area contributed by atoms with Crippen LogP contribution in [0.5, 0.6) is 0 Å². The first-order valence-corrected chi connectivity index (χ1v) is 18.3. The monoisotopic (exact) mass is 613 g/mol. The Morgan fingerprint density at radius 2 is 1.68 bits per heavy atom. The lowest BCUT2D eigenvalue weighted by Crippen LogP contribution is -2.56. The van der Waals surface area contributed by atoms with Crippen LogP contribution < -0.4 is 5.32 Å². The predicted octanol–water partition coefficient (Wildman–Crippen LogP) is 4.44. The van der Waals surface area contributed by atoms with Crippen molar-refractivity contribution in [3.8, 4) is 0 Å². The van der Waals surface area contributed by atoms with E-state index in [0.717, 1.165) is 56.7 Å². The fraction of sp³-hybridized carbons (Fsp3) is 0.944. The first-order valence-electron chi connectivity index (χ1n) is 18.3. The van der Waals surface area contributed by atoms with Crippen LogP contribution in [0.3, 0.4) is 0 Å². The third kappa shape index (κ3) is 5.16. The average molecular weight is 614 g/mol. The Bertz CT molecular complexity index is 1090. The summed E-state index contributed by atoms with van der Waals surface area (Å²) in [5.74, 6) is 4.20. The van der Waals surface area contributed by atoms with Gasteiger partial charge in [-0.15, -0.1) is 0 Å². The number of ether oxygens (including phenoxy) is 2. The number of fused-ring (bicyclic) bond motifs is 7. The molecule has 0 bridgehead atoms. The van der Waals surface area contributed by atoms with Gasteiger partial charge in [-0.25, -0.2) is 0 Å². The number of aliphatic hydroxyl groups excluding tert-OH is 1. The van der Waals surface area contributed by atoms with Gasteiger partial charge in [0.25, 0.3) is 0 Å². The van der Waals surface area contributed by atoms with Crippen molar-refractivity contribution >= 4 is 11.8 Å². The normalized spacial score (nSPS) is 48.8. The number of β-amino-alcohol motifs (C(OH)–C–C–N with tert-alkyl or cyclic N) is 1. The minimum absolute atomic E-state index is 0.0441. The second kappa shape index (κ2) is 11.8. The number of nitrogens with zero attached hydrogens (tertiary/aromatic N) is 2. The minimum atomic E-state index is -0.334. The Hall–Kier alpha value is -1.22. The number of aliphatic hydroxyl groups is 1. The van der Waals surface area contributed by atoms with E-state index in [9.17, 15) is 9.59 Å². The molecule has 3 heterocycles. The van der Waals surface area contributed by atoms with Gasteiger partial charge in [-0.1, -0.05) is 27.7 Å². The van der Waals surface area contributed by atoms with E-state index < -0.39 is 0 Å². The molecule has 2 N–H and O–H groups in total. The molecule has 7 rings (SSSR count). The molecular formula is C36H59N3O5. The number of hydrogen-bond donors (Lipinski definition) is 2. The predicted molar refractivity (Wildman–Crippen MR) is 168 cm³/mol. The molecule has 3 aliphatic heterocycles. The first-order chi connectivity index (χ1) is 21.1. The lowest BCUT2D eigenvalue weighted by molar-refractivity contribution is -0.273. The largest absolute Gasteiger partial charge is 0.395 e. The minimum Gasteiger partial charge on any atom is -0.395 e. The van der Waals surface area contributed by atoms with Crippen LogP contribution in [-0.2, 0) is 19.1 Å². The third-order valence-corrected chi connectivity index (χ3v) is 14.8. The van der Waals surface area contributed by atoms with Crippen molar-refractivity contribution in [1.29, 1.82) is 0 Å². The zero-order valence-electron chi connectivity index (χ0n) is 27.9. The lowest BCUT2D eigenvalue weighted by Gasteiger charge is -2.61. The van der Waals surface area contributed by atoms with Gasteiger partial charge >= 0.3 is 0 Å². The second-order valence-corrected chi connectivity index (χ2v) is 16.8. The van der Waals surface area contributed by atoms with Crippen LogP contribution in [0.2, 0.25) is 0 Å². The smallest absolute Gasteiger partial charge is 0.232 e. The summed E-state index contributed by atoms with van der Waals surface area (Å²) in [6.45, 7) is 14.4. The van der Waals surface area contributed by atoms with E-state index in [4.69, 9.17) is 14.6 Å². The summed E-state index contributed by atoms with van der Waals surface area (Å²) in [5.41, 5.74) is 0.705. The molecule has 7 aliphatic rings. The number of nitrogens with one attached hydrogen (secondary N) is 1. The van der Waals surface area contributed by atoms with Gasteiger partial charge in [-0.3, -0.25) is 14.5 Å². The summed E-state index contributed by atoms with van der Waals surface area (Å²) in [7, 11) is 0. The molecule has 8 nitrogen and oxygen atoms in total. The molecule has 248 valence electrons. The SMILES string of the molecule is C[C@@H]1CC[C@@]2(OC1)O[C@H]1C[C@H]3[C@@H]4CC[C@H]5CC(NC(=O)CC(=O)N6CCN(CCO)CC6)CC[C@]5(C)[C@H]4CC[C@]3(C)[C@H]1[C@@H]2C. The van der Waals surface area contributed by atoms with Crippen molar-refractivity contribution in [2.45, 2.75) is 116 Å². The van der Waals surface area contributed by atoms with Crippen molar-refractivity contribution in [1.82, 2.24) is 15.1 Å². The van der Waals surface area contributed by atoms with Crippen molar-refractivity contribution in [2.24, 2.45) is 52.3 Å². The van der Waals surface area contributed by atoms with Crippen LogP contribution in [0.25, 0.3) is 0 Å². The molecule has 1 unspecified atom stereocenters. The molecular weight excluding hydrogens is 554 g/mol. The van der Waals surface area contributed by atoms with E-state index in [1.165, 1.54) is 44.9 Å². The molecule has 0 aromatic carbocycles. The molecule has 0 aromatic heterocycles. The molecule has 2 amide bonds. The maximum Gasteiger partial charge on any atom is 0.232 e. The second-order valence-electron chi connectivity index (χ2n) is 16.8. The molecule has 4 saturated carbocycles. The van der Waals surface area contributed by atoms with E-state index in [1.807, 2.05) is 4.90 Å². The van der Waals surface area contributed by atoms with E-state index in [-0.39, 0.29) is 36.7 Å². The number of carbonyl (C=O) groups is 2. The Balaban J connectivity index is 0.943. The summed E-state index contributed by atoms with van der Waals surface area (Å²) >= 11 is 0. The summed E-state index contributed by atoms with van der Waals surface area (Å²) < 4.78 is 13.5. The summed E-state index contributed by atoms with van der Waals surface area (Å²) in [6, 6.07) is 0.190. The zero-order chi connectivity index (χ0) is 30.9. The molecule has 44 heavy (non-hydrogen) atoms. The highest BCUT2D eigenvalue weighted by molar-refractivity contribution is 5.97. The standard InChI is InChI=1S/C36H59N3O5/c1-23-7-12-36(43-22-23)24(2)33-30(44-36)20-29-27-6-5-25-19-26(8-10-34(25,3)28(27)9-11-35(29,33)4)37-31(41)21-32(42)39-15-13-38(14-16-39)17-18-40/h23-30,33,40H,5-22H2,1-4H3,(H,37,41)/t23-,24+,25+,26?,27-,28+,29+,30+,33+,34+,35+,36-/m1/s1. The molecule has 1 spiro atoms. The number of hydrogen-bond acceptors (Lipinski definition) is 6. The number of rotatable bonds is 5. The molecule has 8 heteroatoms. The number of piperazine rings is 1. The molecule has 4 aliphatic carbocycles. The molecule has 7 fully saturated rings. The van der Waals surface area contributed by atoms with Crippen molar-refractivity contribution in [2.75, 3.05) is 45.9 Å². The summed E-state index contributed by atoms with van der Waals surface area (Å²) in [4.78, 5) is 29.8. The Labute approximate surface area is 265 Å². The van der Waals surface area contributed by atoms with Gasteiger partial charge in [0.15, 0.2) is 5.79 Å². The Morgan fingerprint density at radius 3 is 2.41 bits per heavy atom. The van der Waals surface area contributed by atoms with Crippen LogP contribution in [0, 0.1) is 52.3 Å². The molecule has 3 saturated heterocycles. The van der Waals surface area contributed by atoms with Gasteiger partial charge in [0.2, 0.25) is 11.8 Å². The Morgan fingerprint density at radius 1 is 0.909 bits per heavy atom. The quantitative estimate of drug-likeness (QED) is 0.446. The van der Waals surface area contributed by atoms with Gasteiger partial charge < -0.3 is 24.8 Å². The van der Waals surface area contributed by atoms with Crippen LogP contribution in [0.15, 0.2) is 0 Å². The third-order valence-electron chi connectivity index (χ3n) is 14.8. The van der Waals surface area contributed by atoms with Gasteiger partial charge in [0.05, 0.1) is 19.3 Å². The van der Waals surface area contributed by atoms with E-state index in [1.54, 1.807) is 0 Å². The molecule has 12 atom stereocenters. The van der Waals surface area contributed by atoms with Crippen molar-refractivity contribution in [3.63, 3.8) is 0 Å². The fourth-order valence-electron chi connectivity index (χ4n) is 12.3. The first kappa shape index (κ1) is 31.4. The molecule has 0 aromatic rings. The summed E-state index contributed by atoms with van der Waals surface area (Å²) in [5, 5.41) is 12.4. The van der Waals surface area contributed by atoms with Crippen molar-refractivity contribution in [3.05, 3.63) is 0 Å². The fourth-order valence-corrected chi connectivity index (χ4v) is 12.3. The van der Waals surface area contributed by atoms with Crippen molar-refractivity contribution < 1.29 is 24.2 Å². The van der Waals surface area contributed by atoms with Crippen LogP contribution in [0.4, 0.5) is 0 Å². The van der Waals surface area contributed by atoms with E-state index >= 15 is 0 Å². The van der Waals surface area contributed by atoms with Gasteiger partial charge in [-0.2, -0.15) is 0 Å². The van der Waals surface area contributed by atoms with E-state index in [0.29, 0.717) is 60.2 Å². The number of carbonyl (C=O) groups excluding carboxylic acids is 2. The van der Waals surface area contributed by atoms with Crippen LogP contribution in [-0.4, -0.2) is 90.6 Å². The zero-order valence-corrected chi connectivity index (χ0v) is 27.9. The average Bonchev–Trinajstić information content (AvgIpc) is 3.45. The topological polar surface area (TPSA) is 91.3 Å². The molecule has 0 radical (unpaired) electrons. The number of amides is 2. The van der Waals surface area contributed by atoms with Crippen LogP contribution >= 0.6 is 0 Å². The summed E-state index contributed by atoms with van der Waals surface area (Å²) in [6.07, 6.45) is 12.3. The lowest BCUT2D eigenvalue weighted by atomic mass is 9.44. The highest BCUT2D eigenvalue weighted by Gasteiger charge is 2.69.